The van der Waals surface area contributed by atoms with Crippen molar-refractivity contribution in [1.82, 2.24) is 9.03 Å². The van der Waals surface area contributed by atoms with Crippen LogP contribution < -0.4 is 14.4 Å². The molecular weight excluding hydrogens is 454 g/mol. The average Bonchev–Trinajstić information content (AvgIpc) is 2.82. The summed E-state index contributed by atoms with van der Waals surface area (Å²) in [5.41, 5.74) is 2.08. The Morgan fingerprint density at radius 1 is 1.09 bits per heavy atom. The molecule has 1 fully saturated rings. The predicted molar refractivity (Wildman–Crippen MR) is 132 cm³/mol. The Hall–Kier alpha value is -3.14. The topological polar surface area (TPSA) is 99.2 Å². The molecular formula is C25H29N3O5S. The minimum absolute atomic E-state index is 0.0742. The second-order valence-corrected chi connectivity index (χ2v) is 10.2. The van der Waals surface area contributed by atoms with Gasteiger partial charge in [-0.2, -0.15) is 17.4 Å². The summed E-state index contributed by atoms with van der Waals surface area (Å²) in [7, 11) is -3.86. The van der Waals surface area contributed by atoms with Gasteiger partial charge >= 0.3 is 5.97 Å². The maximum atomic E-state index is 12.5. The number of hydrogen-bond acceptors (Lipinski definition) is 5. The number of ether oxygens (including phenoxy) is 1. The number of rotatable bonds is 8. The highest BCUT2D eigenvalue weighted by molar-refractivity contribution is 7.87. The number of carboxylic acid groups (broad SMARTS) is 1. The highest BCUT2D eigenvalue weighted by Crippen LogP contribution is 2.25. The van der Waals surface area contributed by atoms with Gasteiger partial charge in [0.2, 0.25) is 0 Å². The minimum atomic E-state index is -3.86. The van der Waals surface area contributed by atoms with E-state index in [1.54, 1.807) is 0 Å². The van der Waals surface area contributed by atoms with Gasteiger partial charge in [-0.05, 0) is 60.5 Å². The monoisotopic (exact) mass is 483 g/mol. The fraction of sp³-hybridized carbons (Fsp3) is 0.320. The summed E-state index contributed by atoms with van der Waals surface area (Å²) in [4.78, 5) is 13.1. The Balaban J connectivity index is 1.35. The SMILES string of the molecule is C[C@@H]1CN(S(=O)(=O)N[C@H](C)C(=O)O)CCN1c1ccc(OCc2ccc3ccccc3c2)cc1. The molecule has 0 saturated carbocycles. The highest BCUT2D eigenvalue weighted by Gasteiger charge is 2.33. The molecule has 0 aromatic heterocycles. The molecule has 8 nitrogen and oxygen atoms in total. The number of nitrogens with one attached hydrogen (secondary N) is 1. The maximum absolute atomic E-state index is 12.5. The highest BCUT2D eigenvalue weighted by atomic mass is 32.2. The fourth-order valence-electron chi connectivity index (χ4n) is 4.10. The van der Waals surface area contributed by atoms with Crippen LogP contribution >= 0.6 is 0 Å². The first-order valence-electron chi connectivity index (χ1n) is 11.2. The first-order valence-corrected chi connectivity index (χ1v) is 12.6. The summed E-state index contributed by atoms with van der Waals surface area (Å²) >= 11 is 0. The van der Waals surface area contributed by atoms with Crippen molar-refractivity contribution in [1.29, 1.82) is 0 Å². The van der Waals surface area contributed by atoms with E-state index in [0.29, 0.717) is 13.2 Å². The molecule has 2 N–H and O–H groups in total. The number of carboxylic acids is 1. The Labute approximate surface area is 199 Å². The third kappa shape index (κ3) is 5.49. The van der Waals surface area contributed by atoms with Crippen LogP contribution in [0.3, 0.4) is 0 Å². The van der Waals surface area contributed by atoms with Crippen LogP contribution in [0.5, 0.6) is 5.75 Å². The Bertz CT molecular complexity index is 1260. The van der Waals surface area contributed by atoms with E-state index >= 15 is 0 Å². The maximum Gasteiger partial charge on any atom is 0.321 e. The Morgan fingerprint density at radius 2 is 1.79 bits per heavy atom. The van der Waals surface area contributed by atoms with Crippen LogP contribution in [0.1, 0.15) is 19.4 Å². The van der Waals surface area contributed by atoms with Gasteiger partial charge in [-0.25, -0.2) is 0 Å². The molecule has 0 aliphatic carbocycles. The molecule has 1 aliphatic rings. The molecule has 0 spiro atoms. The zero-order chi connectivity index (χ0) is 24.3. The van der Waals surface area contributed by atoms with Gasteiger partial charge in [-0.3, -0.25) is 4.79 Å². The van der Waals surface area contributed by atoms with E-state index < -0.39 is 22.2 Å². The first kappa shape index (κ1) is 24.0. The van der Waals surface area contributed by atoms with E-state index in [4.69, 9.17) is 9.84 Å². The molecule has 2 atom stereocenters. The number of nitrogens with zero attached hydrogens (tertiary/aromatic N) is 2. The van der Waals surface area contributed by atoms with Crippen molar-refractivity contribution in [2.24, 2.45) is 0 Å². The number of benzene rings is 3. The first-order chi connectivity index (χ1) is 16.2. The lowest BCUT2D eigenvalue weighted by Crippen LogP contribution is -2.57. The summed E-state index contributed by atoms with van der Waals surface area (Å²) in [6, 6.07) is 21.0. The quantitative estimate of drug-likeness (QED) is 0.510. The third-order valence-corrected chi connectivity index (χ3v) is 7.68. The van der Waals surface area contributed by atoms with E-state index in [-0.39, 0.29) is 19.1 Å². The van der Waals surface area contributed by atoms with E-state index in [2.05, 4.69) is 40.0 Å². The second kappa shape index (κ2) is 10.0. The molecule has 4 rings (SSSR count). The van der Waals surface area contributed by atoms with Crippen LogP contribution in [0.25, 0.3) is 10.8 Å². The number of fused-ring (bicyclic) bond motifs is 1. The van der Waals surface area contributed by atoms with Crippen LogP contribution in [-0.4, -0.2) is 55.5 Å². The smallest absolute Gasteiger partial charge is 0.321 e. The lowest BCUT2D eigenvalue weighted by atomic mass is 10.1. The van der Waals surface area contributed by atoms with Gasteiger partial charge in [-0.15, -0.1) is 0 Å². The van der Waals surface area contributed by atoms with Crippen molar-refractivity contribution in [3.05, 3.63) is 72.3 Å². The molecule has 34 heavy (non-hydrogen) atoms. The summed E-state index contributed by atoms with van der Waals surface area (Å²) in [5.74, 6) is -0.448. The van der Waals surface area contributed by atoms with Crippen molar-refractivity contribution in [2.45, 2.75) is 32.5 Å². The van der Waals surface area contributed by atoms with Gasteiger partial charge in [-0.1, -0.05) is 36.4 Å². The standard InChI is InChI=1S/C25H29N3O5S/c1-18-16-27(34(31,32)26-19(2)25(29)30)13-14-28(18)23-9-11-24(12-10-23)33-17-20-7-8-21-5-3-4-6-22(21)15-20/h3-12,15,18-19,26H,13-14,16-17H2,1-2H3,(H,29,30)/t18-,19-/m1/s1. The minimum Gasteiger partial charge on any atom is -0.489 e. The van der Waals surface area contributed by atoms with E-state index in [9.17, 15) is 13.2 Å². The van der Waals surface area contributed by atoms with E-state index in [1.165, 1.54) is 22.0 Å². The van der Waals surface area contributed by atoms with Gasteiger partial charge < -0.3 is 14.7 Å². The van der Waals surface area contributed by atoms with Crippen molar-refractivity contribution < 1.29 is 23.1 Å². The van der Waals surface area contributed by atoms with Crippen LogP contribution in [-0.2, 0) is 21.6 Å². The predicted octanol–water partition coefficient (Wildman–Crippen LogP) is 3.24. The molecule has 9 heteroatoms. The van der Waals surface area contributed by atoms with Crippen molar-refractivity contribution in [2.75, 3.05) is 24.5 Å². The van der Waals surface area contributed by atoms with Crippen LogP contribution in [0.4, 0.5) is 5.69 Å². The van der Waals surface area contributed by atoms with Crippen molar-refractivity contribution in [3.8, 4) is 5.75 Å². The molecule has 0 bridgehead atoms. The van der Waals surface area contributed by atoms with Crippen LogP contribution in [0.2, 0.25) is 0 Å². The molecule has 0 amide bonds. The molecule has 3 aromatic carbocycles. The average molecular weight is 484 g/mol. The summed E-state index contributed by atoms with van der Waals surface area (Å²) < 4.78 is 34.5. The van der Waals surface area contributed by atoms with Crippen LogP contribution in [0.15, 0.2) is 66.7 Å². The van der Waals surface area contributed by atoms with Gasteiger partial charge in [0.1, 0.15) is 18.4 Å². The van der Waals surface area contributed by atoms with Gasteiger partial charge in [0.05, 0.1) is 0 Å². The molecule has 0 radical (unpaired) electrons. The molecule has 1 heterocycles. The molecule has 180 valence electrons. The third-order valence-electron chi connectivity index (χ3n) is 6.01. The largest absolute Gasteiger partial charge is 0.489 e. The summed E-state index contributed by atoms with van der Waals surface area (Å²) in [5, 5.41) is 11.4. The zero-order valence-corrected chi connectivity index (χ0v) is 20.0. The van der Waals surface area contributed by atoms with Crippen molar-refractivity contribution >= 4 is 32.6 Å². The number of anilines is 1. The summed E-state index contributed by atoms with van der Waals surface area (Å²) in [6.07, 6.45) is 0. The molecule has 3 aromatic rings. The number of carbonyl (C=O) groups is 1. The normalized spacial score (nSPS) is 18.1. The lowest BCUT2D eigenvalue weighted by Gasteiger charge is -2.40. The number of aliphatic carboxylic acids is 1. The molecule has 1 saturated heterocycles. The molecule has 0 unspecified atom stereocenters. The zero-order valence-electron chi connectivity index (χ0n) is 19.2. The second-order valence-electron chi connectivity index (χ2n) is 8.55. The molecule has 1 aliphatic heterocycles. The van der Waals surface area contributed by atoms with Crippen LogP contribution in [0, 0.1) is 0 Å². The number of hydrogen-bond donors (Lipinski definition) is 2. The summed E-state index contributed by atoms with van der Waals surface area (Å²) in [6.45, 7) is 4.77. The van der Waals surface area contributed by atoms with Crippen molar-refractivity contribution in [3.63, 3.8) is 0 Å². The van der Waals surface area contributed by atoms with Gasteiger partial charge in [0.25, 0.3) is 10.2 Å². The van der Waals surface area contributed by atoms with E-state index in [1.807, 2.05) is 43.3 Å². The number of piperazine rings is 1. The van der Waals surface area contributed by atoms with Gasteiger partial charge in [0, 0.05) is 31.4 Å². The Kier molecular flexibility index (Phi) is 7.06. The Morgan fingerprint density at radius 3 is 2.47 bits per heavy atom. The fourth-order valence-corrected chi connectivity index (χ4v) is 5.53. The van der Waals surface area contributed by atoms with E-state index in [0.717, 1.165) is 17.0 Å². The van der Waals surface area contributed by atoms with Gasteiger partial charge in [0.15, 0.2) is 0 Å². The lowest BCUT2D eigenvalue weighted by molar-refractivity contribution is -0.138.